The minimum absolute atomic E-state index is 0.0558. The van der Waals surface area contributed by atoms with Crippen LogP contribution in [0.1, 0.15) is 35.5 Å². The first-order valence-electron chi connectivity index (χ1n) is 8.19. The highest BCUT2D eigenvalue weighted by Gasteiger charge is 2.32. The van der Waals surface area contributed by atoms with Crippen LogP contribution in [0.2, 0.25) is 0 Å². The molecule has 2 heterocycles. The lowest BCUT2D eigenvalue weighted by atomic mass is 9.94. The number of phenols is 1. The second kappa shape index (κ2) is 6.86. The predicted molar refractivity (Wildman–Crippen MR) is 99.5 cm³/mol. The molecule has 0 bridgehead atoms. The monoisotopic (exact) mass is 397 g/mol. The molecule has 0 saturated heterocycles. The van der Waals surface area contributed by atoms with Crippen molar-refractivity contribution in [3.63, 3.8) is 0 Å². The number of aromatic hydroxyl groups is 1. The minimum Gasteiger partial charge on any atom is -0.507 e. The molecule has 2 atom stereocenters. The van der Waals surface area contributed by atoms with E-state index in [4.69, 9.17) is 9.41 Å². The SMILES string of the molecule is Oc1ccc(Br)cc1[C@@H]1CC(c2ccccc2)=N[C@H](c2ccco2)[NH2+]1. The van der Waals surface area contributed by atoms with Crippen LogP contribution in [0.25, 0.3) is 0 Å². The number of nitrogens with two attached hydrogens (primary N) is 1. The first-order valence-corrected chi connectivity index (χ1v) is 8.99. The molecule has 3 aromatic rings. The Kier molecular flexibility index (Phi) is 4.42. The quantitative estimate of drug-likeness (QED) is 0.702. The molecule has 0 aliphatic carbocycles. The van der Waals surface area contributed by atoms with E-state index in [9.17, 15) is 5.11 Å². The number of phenolic OH excluding ortho intramolecular Hbond substituents is 1. The van der Waals surface area contributed by atoms with Gasteiger partial charge in [-0.25, -0.2) is 4.99 Å². The number of hydrogen-bond donors (Lipinski definition) is 2. The van der Waals surface area contributed by atoms with Crippen LogP contribution in [0.5, 0.6) is 5.75 Å². The molecule has 0 spiro atoms. The lowest BCUT2D eigenvalue weighted by Crippen LogP contribution is -2.87. The van der Waals surface area contributed by atoms with Crippen molar-refractivity contribution in [1.29, 1.82) is 0 Å². The molecular weight excluding hydrogens is 380 g/mol. The Morgan fingerprint density at radius 1 is 1.08 bits per heavy atom. The van der Waals surface area contributed by atoms with Crippen molar-refractivity contribution >= 4 is 21.6 Å². The van der Waals surface area contributed by atoms with Crippen LogP contribution < -0.4 is 5.32 Å². The number of nitrogens with zero attached hydrogens (tertiary/aromatic N) is 1. The molecule has 5 heteroatoms. The zero-order valence-corrected chi connectivity index (χ0v) is 15.1. The molecule has 1 aliphatic heterocycles. The third-order valence-corrected chi connectivity index (χ3v) is 4.95. The summed E-state index contributed by atoms with van der Waals surface area (Å²) in [5.41, 5.74) is 3.02. The lowest BCUT2D eigenvalue weighted by Gasteiger charge is -2.26. The van der Waals surface area contributed by atoms with E-state index in [0.29, 0.717) is 5.75 Å². The van der Waals surface area contributed by atoms with Gasteiger partial charge in [-0.2, -0.15) is 0 Å². The van der Waals surface area contributed by atoms with E-state index in [2.05, 4.69) is 33.4 Å². The van der Waals surface area contributed by atoms with Gasteiger partial charge in [-0.1, -0.05) is 46.3 Å². The molecule has 0 unspecified atom stereocenters. The van der Waals surface area contributed by atoms with Gasteiger partial charge >= 0.3 is 0 Å². The maximum Gasteiger partial charge on any atom is 0.239 e. The number of hydrogen-bond acceptors (Lipinski definition) is 3. The maximum atomic E-state index is 10.4. The first-order chi connectivity index (χ1) is 12.2. The molecule has 3 N–H and O–H groups in total. The van der Waals surface area contributed by atoms with Crippen LogP contribution in [-0.4, -0.2) is 10.8 Å². The number of aliphatic imine (C=N–C) groups is 1. The summed E-state index contributed by atoms with van der Waals surface area (Å²) in [5.74, 6) is 1.12. The fraction of sp³-hybridized carbons (Fsp3) is 0.150. The summed E-state index contributed by atoms with van der Waals surface area (Å²) in [4.78, 5) is 4.90. The second-order valence-corrected chi connectivity index (χ2v) is 7.02. The van der Waals surface area contributed by atoms with E-state index in [1.54, 1.807) is 12.3 Å². The lowest BCUT2D eigenvalue weighted by molar-refractivity contribution is -0.736. The standard InChI is InChI=1S/C20H17BrN2O2/c21-14-8-9-18(24)15(11-14)17-12-16(13-5-2-1-3-6-13)22-20(23-17)19-7-4-10-25-19/h1-11,17,20,23-24H,12H2/p+1/t17-,20-/m0/s1. The van der Waals surface area contributed by atoms with Gasteiger partial charge in [-0.15, -0.1) is 0 Å². The number of rotatable bonds is 3. The molecule has 25 heavy (non-hydrogen) atoms. The van der Waals surface area contributed by atoms with Gasteiger partial charge in [0.2, 0.25) is 6.17 Å². The van der Waals surface area contributed by atoms with Gasteiger partial charge in [0.05, 0.1) is 17.5 Å². The average molecular weight is 398 g/mol. The number of benzene rings is 2. The van der Waals surface area contributed by atoms with Gasteiger partial charge in [0.15, 0.2) is 5.76 Å². The van der Waals surface area contributed by atoms with Crippen LogP contribution in [0.4, 0.5) is 0 Å². The molecule has 2 aromatic carbocycles. The maximum absolute atomic E-state index is 10.4. The van der Waals surface area contributed by atoms with Gasteiger partial charge in [0, 0.05) is 10.9 Å². The van der Waals surface area contributed by atoms with Crippen LogP contribution in [0.15, 0.2) is 80.8 Å². The summed E-state index contributed by atoms with van der Waals surface area (Å²) in [7, 11) is 0. The molecule has 0 radical (unpaired) electrons. The van der Waals surface area contributed by atoms with Crippen molar-refractivity contribution in [2.75, 3.05) is 0 Å². The van der Waals surface area contributed by atoms with Crippen LogP contribution in [0, 0.1) is 0 Å². The second-order valence-electron chi connectivity index (χ2n) is 6.11. The minimum atomic E-state index is -0.165. The van der Waals surface area contributed by atoms with Crippen molar-refractivity contribution in [2.45, 2.75) is 18.6 Å². The van der Waals surface area contributed by atoms with Crippen molar-refractivity contribution in [3.8, 4) is 5.75 Å². The molecule has 0 amide bonds. The van der Waals surface area contributed by atoms with Crippen LogP contribution in [0.3, 0.4) is 0 Å². The van der Waals surface area contributed by atoms with Crippen LogP contribution >= 0.6 is 15.9 Å². The zero-order valence-electron chi connectivity index (χ0n) is 13.5. The average Bonchev–Trinajstić information content (AvgIpc) is 3.19. The summed E-state index contributed by atoms with van der Waals surface area (Å²) in [5, 5.41) is 12.5. The predicted octanol–water partition coefficient (Wildman–Crippen LogP) is 3.94. The number of furan rings is 1. The molecule has 1 aromatic heterocycles. The van der Waals surface area contributed by atoms with E-state index in [1.165, 1.54) is 0 Å². The fourth-order valence-electron chi connectivity index (χ4n) is 3.24. The highest BCUT2D eigenvalue weighted by atomic mass is 79.9. The normalized spacial score (nSPS) is 20.3. The Morgan fingerprint density at radius 3 is 2.68 bits per heavy atom. The van der Waals surface area contributed by atoms with E-state index in [1.807, 2.05) is 42.5 Å². The summed E-state index contributed by atoms with van der Waals surface area (Å²) in [6, 6.07) is 19.6. The van der Waals surface area contributed by atoms with Crippen LogP contribution in [-0.2, 0) is 0 Å². The molecule has 4 nitrogen and oxygen atoms in total. The molecule has 126 valence electrons. The van der Waals surface area contributed by atoms with Gasteiger partial charge in [-0.05, 0) is 35.9 Å². The summed E-state index contributed by atoms with van der Waals surface area (Å²) >= 11 is 3.50. The Balaban J connectivity index is 1.75. The van der Waals surface area contributed by atoms with Crippen molar-refractivity contribution < 1.29 is 14.8 Å². The molecule has 4 rings (SSSR count). The summed E-state index contributed by atoms with van der Waals surface area (Å²) < 4.78 is 6.54. The summed E-state index contributed by atoms with van der Waals surface area (Å²) in [6.45, 7) is 0. The number of quaternary nitrogens is 1. The Hall–Kier alpha value is -2.37. The van der Waals surface area contributed by atoms with Crippen molar-refractivity contribution in [2.24, 2.45) is 4.99 Å². The van der Waals surface area contributed by atoms with Crippen molar-refractivity contribution in [3.05, 3.63) is 88.3 Å². The topological polar surface area (TPSA) is 62.3 Å². The Bertz CT molecular complexity index is 891. The molecule has 1 aliphatic rings. The third-order valence-electron chi connectivity index (χ3n) is 4.45. The smallest absolute Gasteiger partial charge is 0.239 e. The third kappa shape index (κ3) is 3.38. The fourth-order valence-corrected chi connectivity index (χ4v) is 3.62. The van der Waals surface area contributed by atoms with Gasteiger partial charge < -0.3 is 14.8 Å². The molecule has 0 fully saturated rings. The van der Waals surface area contributed by atoms with E-state index < -0.39 is 0 Å². The summed E-state index contributed by atoms with van der Waals surface area (Å²) in [6.07, 6.45) is 2.24. The van der Waals surface area contributed by atoms with Gasteiger partial charge in [-0.3, -0.25) is 0 Å². The first kappa shape index (κ1) is 16.1. The van der Waals surface area contributed by atoms with E-state index >= 15 is 0 Å². The largest absolute Gasteiger partial charge is 0.507 e. The van der Waals surface area contributed by atoms with E-state index in [-0.39, 0.29) is 12.2 Å². The Morgan fingerprint density at radius 2 is 1.92 bits per heavy atom. The molecular formula is C20H18BrN2O2+. The van der Waals surface area contributed by atoms with Crippen molar-refractivity contribution in [1.82, 2.24) is 0 Å². The van der Waals surface area contributed by atoms with Gasteiger partial charge in [0.25, 0.3) is 0 Å². The Labute approximate surface area is 154 Å². The van der Waals surface area contributed by atoms with E-state index in [0.717, 1.165) is 33.5 Å². The van der Waals surface area contributed by atoms with Gasteiger partial charge in [0.1, 0.15) is 11.8 Å². The number of halogens is 1. The highest BCUT2D eigenvalue weighted by molar-refractivity contribution is 9.10. The zero-order chi connectivity index (χ0) is 17.2. The molecule has 0 saturated carbocycles. The highest BCUT2D eigenvalue weighted by Crippen LogP contribution is 2.31.